The second kappa shape index (κ2) is 6.40. The maximum Gasteiger partial charge on any atom is 0.249 e. The van der Waals surface area contributed by atoms with Crippen molar-refractivity contribution >= 4 is 11.8 Å². The zero-order chi connectivity index (χ0) is 12.0. The molecule has 0 fully saturated rings. The highest BCUT2D eigenvalue weighted by atomic mass is 16.3. The molecule has 0 aromatic carbocycles. The molecule has 5 heteroatoms. The quantitative estimate of drug-likeness (QED) is 0.572. The Kier molecular flexibility index (Phi) is 5.93. The van der Waals surface area contributed by atoms with Crippen LogP contribution in [0.3, 0.4) is 0 Å². The van der Waals surface area contributed by atoms with Gasteiger partial charge in [-0.2, -0.15) is 0 Å². The number of rotatable bonds is 6. The molecule has 0 unspecified atom stereocenters. The Hall–Kier alpha value is -1.10. The van der Waals surface area contributed by atoms with Gasteiger partial charge in [0, 0.05) is 0 Å². The van der Waals surface area contributed by atoms with Crippen molar-refractivity contribution < 1.29 is 14.7 Å². The zero-order valence-corrected chi connectivity index (χ0v) is 9.49. The standard InChI is InChI=1S/C10H20N2O3/c1-4-7(9(11)14)12-10(15)8(13)5-6(2)3/h6-8,13H,4-5H2,1-3H3,(H2,11,14)(H,12,15)/t7-,8-/m1/s1. The molecule has 2 amide bonds. The summed E-state index contributed by atoms with van der Waals surface area (Å²) in [7, 11) is 0. The van der Waals surface area contributed by atoms with Gasteiger partial charge in [-0.25, -0.2) is 0 Å². The van der Waals surface area contributed by atoms with Crippen LogP contribution in [-0.2, 0) is 9.59 Å². The van der Waals surface area contributed by atoms with Crippen LogP contribution in [0.2, 0.25) is 0 Å². The molecule has 5 nitrogen and oxygen atoms in total. The third-order valence-electron chi connectivity index (χ3n) is 2.07. The molecule has 0 aromatic rings. The van der Waals surface area contributed by atoms with Gasteiger partial charge < -0.3 is 16.2 Å². The minimum absolute atomic E-state index is 0.222. The van der Waals surface area contributed by atoms with Crippen LogP contribution in [-0.4, -0.2) is 29.1 Å². The van der Waals surface area contributed by atoms with E-state index in [0.717, 1.165) is 0 Å². The second-order valence-corrected chi connectivity index (χ2v) is 4.02. The van der Waals surface area contributed by atoms with Gasteiger partial charge >= 0.3 is 0 Å². The summed E-state index contributed by atoms with van der Waals surface area (Å²) in [5.41, 5.74) is 5.06. The van der Waals surface area contributed by atoms with Crippen LogP contribution in [0.5, 0.6) is 0 Å². The minimum atomic E-state index is -1.07. The molecule has 0 aromatic heterocycles. The summed E-state index contributed by atoms with van der Waals surface area (Å²) in [6.07, 6.45) is -0.269. The highest BCUT2D eigenvalue weighted by Crippen LogP contribution is 2.04. The van der Waals surface area contributed by atoms with Crippen LogP contribution in [0.1, 0.15) is 33.6 Å². The zero-order valence-electron chi connectivity index (χ0n) is 9.49. The van der Waals surface area contributed by atoms with Gasteiger partial charge in [-0.15, -0.1) is 0 Å². The van der Waals surface area contributed by atoms with Crippen molar-refractivity contribution in [1.29, 1.82) is 0 Å². The highest BCUT2D eigenvalue weighted by molar-refractivity contribution is 5.88. The van der Waals surface area contributed by atoms with E-state index in [1.165, 1.54) is 0 Å². The van der Waals surface area contributed by atoms with E-state index in [0.29, 0.717) is 12.8 Å². The first-order valence-corrected chi connectivity index (χ1v) is 5.16. The summed E-state index contributed by atoms with van der Waals surface area (Å²) in [6, 6.07) is -0.695. The molecule has 0 rings (SSSR count). The first kappa shape index (κ1) is 13.9. The van der Waals surface area contributed by atoms with Gasteiger partial charge in [-0.1, -0.05) is 20.8 Å². The lowest BCUT2D eigenvalue weighted by Crippen LogP contribution is -2.47. The van der Waals surface area contributed by atoms with Crippen LogP contribution >= 0.6 is 0 Å². The van der Waals surface area contributed by atoms with Crippen LogP contribution in [0, 0.1) is 5.92 Å². The van der Waals surface area contributed by atoms with E-state index in [-0.39, 0.29) is 5.92 Å². The normalized spacial score (nSPS) is 14.7. The third-order valence-corrected chi connectivity index (χ3v) is 2.07. The molecular weight excluding hydrogens is 196 g/mol. The van der Waals surface area contributed by atoms with Crippen molar-refractivity contribution in [2.75, 3.05) is 0 Å². The fourth-order valence-corrected chi connectivity index (χ4v) is 1.20. The Morgan fingerprint density at radius 3 is 2.27 bits per heavy atom. The van der Waals surface area contributed by atoms with E-state index in [2.05, 4.69) is 5.32 Å². The van der Waals surface area contributed by atoms with Gasteiger partial charge in [0.1, 0.15) is 12.1 Å². The fraction of sp³-hybridized carbons (Fsp3) is 0.800. The molecule has 15 heavy (non-hydrogen) atoms. The number of aliphatic hydroxyl groups excluding tert-OH is 1. The predicted octanol–water partition coefficient (Wildman–Crippen LogP) is -0.227. The molecule has 0 radical (unpaired) electrons. The number of hydrogen-bond donors (Lipinski definition) is 3. The second-order valence-electron chi connectivity index (χ2n) is 4.02. The molecule has 2 atom stereocenters. The molecule has 0 bridgehead atoms. The SMILES string of the molecule is CC[C@@H](NC(=O)[C@H](O)CC(C)C)C(N)=O. The lowest BCUT2D eigenvalue weighted by atomic mass is 10.1. The van der Waals surface area contributed by atoms with E-state index in [4.69, 9.17) is 5.73 Å². The van der Waals surface area contributed by atoms with Gasteiger partial charge in [-0.3, -0.25) is 9.59 Å². The highest BCUT2D eigenvalue weighted by Gasteiger charge is 2.21. The first-order valence-electron chi connectivity index (χ1n) is 5.16. The summed E-state index contributed by atoms with van der Waals surface area (Å²) >= 11 is 0. The average molecular weight is 216 g/mol. The van der Waals surface area contributed by atoms with Crippen LogP contribution in [0.15, 0.2) is 0 Å². The van der Waals surface area contributed by atoms with Crippen LogP contribution in [0.4, 0.5) is 0 Å². The van der Waals surface area contributed by atoms with Crippen LogP contribution < -0.4 is 11.1 Å². The Balaban J connectivity index is 4.16. The van der Waals surface area contributed by atoms with Gasteiger partial charge in [-0.05, 0) is 18.8 Å². The lowest BCUT2D eigenvalue weighted by Gasteiger charge is -2.17. The monoisotopic (exact) mass is 216 g/mol. The molecule has 0 aliphatic rings. The van der Waals surface area contributed by atoms with E-state index in [1.807, 2.05) is 13.8 Å². The van der Waals surface area contributed by atoms with E-state index >= 15 is 0 Å². The van der Waals surface area contributed by atoms with Crippen molar-refractivity contribution in [2.45, 2.75) is 45.8 Å². The molecule has 0 saturated carbocycles. The largest absolute Gasteiger partial charge is 0.383 e. The van der Waals surface area contributed by atoms with Gasteiger partial charge in [0.05, 0.1) is 0 Å². The molecule has 0 saturated heterocycles. The summed E-state index contributed by atoms with van der Waals surface area (Å²) in [5.74, 6) is -0.892. The first-order chi connectivity index (χ1) is 6.88. The Morgan fingerprint density at radius 1 is 1.40 bits per heavy atom. The molecule has 4 N–H and O–H groups in total. The van der Waals surface area contributed by atoms with E-state index in [9.17, 15) is 14.7 Å². The predicted molar refractivity (Wildman–Crippen MR) is 56.9 cm³/mol. The maximum absolute atomic E-state index is 11.4. The number of hydrogen-bond acceptors (Lipinski definition) is 3. The van der Waals surface area contributed by atoms with Crippen molar-refractivity contribution in [3.8, 4) is 0 Å². The summed E-state index contributed by atoms with van der Waals surface area (Å²) in [6.45, 7) is 5.55. The van der Waals surface area contributed by atoms with Crippen molar-refractivity contribution in [3.05, 3.63) is 0 Å². The van der Waals surface area contributed by atoms with Gasteiger partial charge in [0.2, 0.25) is 11.8 Å². The average Bonchev–Trinajstić information content (AvgIpc) is 2.11. The minimum Gasteiger partial charge on any atom is -0.383 e. The molecule has 0 aliphatic carbocycles. The number of amides is 2. The van der Waals surface area contributed by atoms with Crippen molar-refractivity contribution in [2.24, 2.45) is 11.7 Å². The third kappa shape index (κ3) is 5.37. The van der Waals surface area contributed by atoms with Crippen LogP contribution in [0.25, 0.3) is 0 Å². The summed E-state index contributed by atoms with van der Waals surface area (Å²) in [5, 5.41) is 11.9. The van der Waals surface area contributed by atoms with Gasteiger partial charge in [0.15, 0.2) is 0 Å². The molecule has 0 aliphatic heterocycles. The number of nitrogens with one attached hydrogen (secondary N) is 1. The van der Waals surface area contributed by atoms with Crippen molar-refractivity contribution in [3.63, 3.8) is 0 Å². The lowest BCUT2D eigenvalue weighted by molar-refractivity contribution is -0.133. The number of primary amides is 1. The molecule has 0 spiro atoms. The number of carbonyl (C=O) groups excluding carboxylic acids is 2. The Morgan fingerprint density at radius 2 is 1.93 bits per heavy atom. The number of carbonyl (C=O) groups is 2. The smallest absolute Gasteiger partial charge is 0.249 e. The molecule has 0 heterocycles. The van der Waals surface area contributed by atoms with Gasteiger partial charge in [0.25, 0.3) is 0 Å². The van der Waals surface area contributed by atoms with Crippen molar-refractivity contribution in [1.82, 2.24) is 5.32 Å². The van der Waals surface area contributed by atoms with E-state index < -0.39 is 24.0 Å². The Bertz CT molecular complexity index is 229. The topological polar surface area (TPSA) is 92.4 Å². The fourth-order valence-electron chi connectivity index (χ4n) is 1.20. The number of aliphatic hydroxyl groups is 1. The van der Waals surface area contributed by atoms with E-state index in [1.54, 1.807) is 6.92 Å². The maximum atomic E-state index is 11.4. The summed E-state index contributed by atoms with van der Waals surface area (Å²) in [4.78, 5) is 22.2. The Labute approximate surface area is 90.0 Å². The summed E-state index contributed by atoms with van der Waals surface area (Å²) < 4.78 is 0. The molecular formula is C10H20N2O3. The molecule has 88 valence electrons. The number of nitrogens with two attached hydrogens (primary N) is 1.